The highest BCUT2D eigenvalue weighted by molar-refractivity contribution is 8.14. The summed E-state index contributed by atoms with van der Waals surface area (Å²) in [4.78, 5) is 4.91. The maximum atomic E-state index is 4.91. The molecule has 0 atom stereocenters. The smallest absolute Gasteiger partial charge is 0.161 e. The lowest BCUT2D eigenvalue weighted by molar-refractivity contribution is 0.508. The first-order valence-electron chi connectivity index (χ1n) is 6.32. The number of aliphatic imine (C=N–C) groups is 1. The van der Waals surface area contributed by atoms with E-state index in [-0.39, 0.29) is 5.54 Å². The molecule has 1 aromatic carbocycles. The zero-order valence-corrected chi connectivity index (χ0v) is 11.0. The Bertz CT molecular complexity index is 430. The number of anilines is 1. The minimum atomic E-state index is 0.275. The fraction of sp³-hybridized carbons (Fsp3) is 0.500. The topological polar surface area (TPSA) is 24.4 Å². The van der Waals surface area contributed by atoms with E-state index < -0.39 is 0 Å². The zero-order chi connectivity index (χ0) is 11.7. The Morgan fingerprint density at radius 2 is 1.88 bits per heavy atom. The Hall–Kier alpha value is -0.960. The summed E-state index contributed by atoms with van der Waals surface area (Å²) in [5.74, 6) is 1.17. The first-order valence-corrected chi connectivity index (χ1v) is 7.31. The minimum absolute atomic E-state index is 0.275. The molecule has 0 saturated heterocycles. The van der Waals surface area contributed by atoms with Crippen LogP contribution >= 0.6 is 11.8 Å². The van der Waals surface area contributed by atoms with Crippen molar-refractivity contribution in [2.75, 3.05) is 11.1 Å². The molecule has 1 spiro atoms. The lowest BCUT2D eigenvalue weighted by atomic mass is 10.0. The number of hydrogen-bond acceptors (Lipinski definition) is 3. The van der Waals surface area contributed by atoms with Crippen LogP contribution in [0.3, 0.4) is 0 Å². The monoisotopic (exact) mass is 246 g/mol. The lowest BCUT2D eigenvalue weighted by Crippen LogP contribution is -2.21. The van der Waals surface area contributed by atoms with Crippen LogP contribution < -0.4 is 5.32 Å². The van der Waals surface area contributed by atoms with E-state index >= 15 is 0 Å². The number of hydrogen-bond donors (Lipinski definition) is 1. The summed E-state index contributed by atoms with van der Waals surface area (Å²) in [6.07, 6.45) is 5.25. The van der Waals surface area contributed by atoms with Crippen molar-refractivity contribution in [3.05, 3.63) is 29.8 Å². The predicted octanol–water partition coefficient (Wildman–Crippen LogP) is 3.82. The van der Waals surface area contributed by atoms with Crippen molar-refractivity contribution < 1.29 is 0 Å². The van der Waals surface area contributed by atoms with Crippen LogP contribution in [0, 0.1) is 6.92 Å². The van der Waals surface area contributed by atoms with E-state index in [0.717, 1.165) is 10.9 Å². The van der Waals surface area contributed by atoms with Crippen LogP contribution in [0.1, 0.15) is 31.2 Å². The van der Waals surface area contributed by atoms with Gasteiger partial charge in [0.1, 0.15) is 0 Å². The first kappa shape index (κ1) is 11.1. The maximum absolute atomic E-state index is 4.91. The number of nitrogens with one attached hydrogen (secondary N) is 1. The molecule has 0 unspecified atom stereocenters. The molecule has 2 aliphatic rings. The number of aryl methyl sites for hydroxylation is 1. The van der Waals surface area contributed by atoms with Gasteiger partial charge in [-0.2, -0.15) is 0 Å². The second kappa shape index (κ2) is 4.37. The molecule has 3 rings (SSSR count). The Morgan fingerprint density at radius 3 is 2.59 bits per heavy atom. The van der Waals surface area contributed by atoms with E-state index in [1.54, 1.807) is 0 Å². The van der Waals surface area contributed by atoms with E-state index in [4.69, 9.17) is 4.99 Å². The Balaban J connectivity index is 1.72. The molecule has 1 aliphatic carbocycles. The zero-order valence-electron chi connectivity index (χ0n) is 10.2. The highest BCUT2D eigenvalue weighted by atomic mass is 32.2. The molecular weight excluding hydrogens is 228 g/mol. The molecule has 3 heteroatoms. The number of amidine groups is 1. The van der Waals surface area contributed by atoms with Gasteiger partial charge in [-0.25, -0.2) is 0 Å². The highest BCUT2D eigenvalue weighted by Gasteiger charge is 2.38. The van der Waals surface area contributed by atoms with Crippen molar-refractivity contribution in [2.24, 2.45) is 4.99 Å². The van der Waals surface area contributed by atoms with Gasteiger partial charge in [-0.1, -0.05) is 42.3 Å². The normalized spacial score (nSPS) is 21.8. The molecule has 2 nitrogen and oxygen atoms in total. The van der Waals surface area contributed by atoms with Gasteiger partial charge in [0.05, 0.1) is 5.54 Å². The molecular formula is C14H18N2S. The van der Waals surface area contributed by atoms with Gasteiger partial charge in [0.25, 0.3) is 0 Å². The van der Waals surface area contributed by atoms with Crippen molar-refractivity contribution in [3.63, 3.8) is 0 Å². The summed E-state index contributed by atoms with van der Waals surface area (Å²) in [6, 6.07) is 8.51. The quantitative estimate of drug-likeness (QED) is 0.814. The summed E-state index contributed by atoms with van der Waals surface area (Å²) >= 11 is 1.88. The van der Waals surface area contributed by atoms with Crippen molar-refractivity contribution in [3.8, 4) is 0 Å². The van der Waals surface area contributed by atoms with Crippen LogP contribution in [0.4, 0.5) is 5.69 Å². The Kier molecular flexibility index (Phi) is 2.87. The molecule has 90 valence electrons. The van der Waals surface area contributed by atoms with Gasteiger partial charge in [0, 0.05) is 11.4 Å². The van der Waals surface area contributed by atoms with Crippen molar-refractivity contribution >= 4 is 22.6 Å². The molecule has 1 heterocycles. The molecule has 1 N–H and O–H groups in total. The SMILES string of the molecule is Cc1ccc(NC2=NC3(CCCC3)CS2)cc1. The average molecular weight is 246 g/mol. The molecule has 0 aromatic heterocycles. The summed E-state index contributed by atoms with van der Waals surface area (Å²) < 4.78 is 0. The molecule has 1 fully saturated rings. The molecule has 1 aromatic rings. The summed E-state index contributed by atoms with van der Waals surface area (Å²) in [6.45, 7) is 2.11. The van der Waals surface area contributed by atoms with Crippen LogP contribution in [0.5, 0.6) is 0 Å². The van der Waals surface area contributed by atoms with E-state index in [1.165, 1.54) is 37.0 Å². The van der Waals surface area contributed by atoms with Crippen molar-refractivity contribution in [2.45, 2.75) is 38.1 Å². The fourth-order valence-electron chi connectivity index (χ4n) is 2.60. The fourth-order valence-corrected chi connectivity index (χ4v) is 3.80. The molecule has 0 amide bonds. The first-order chi connectivity index (χ1) is 8.26. The van der Waals surface area contributed by atoms with Crippen LogP contribution in [0.2, 0.25) is 0 Å². The van der Waals surface area contributed by atoms with E-state index in [2.05, 4.69) is 36.5 Å². The van der Waals surface area contributed by atoms with E-state index in [1.807, 2.05) is 11.8 Å². The van der Waals surface area contributed by atoms with Gasteiger partial charge >= 0.3 is 0 Å². The van der Waals surface area contributed by atoms with Gasteiger partial charge in [-0.05, 0) is 31.9 Å². The molecule has 0 bridgehead atoms. The second-order valence-corrected chi connectivity index (χ2v) is 6.09. The molecule has 17 heavy (non-hydrogen) atoms. The molecule has 1 saturated carbocycles. The van der Waals surface area contributed by atoms with Crippen molar-refractivity contribution in [1.82, 2.24) is 0 Å². The van der Waals surface area contributed by atoms with Crippen molar-refractivity contribution in [1.29, 1.82) is 0 Å². The highest BCUT2D eigenvalue weighted by Crippen LogP contribution is 2.41. The maximum Gasteiger partial charge on any atom is 0.161 e. The van der Waals surface area contributed by atoms with Gasteiger partial charge in [0.15, 0.2) is 5.17 Å². The standard InChI is InChI=1S/C14H18N2S/c1-11-4-6-12(7-5-11)15-13-16-14(10-17-13)8-2-3-9-14/h4-7H,2-3,8-10H2,1H3,(H,15,16). The third-order valence-corrected chi connectivity index (χ3v) is 4.80. The third-order valence-electron chi connectivity index (χ3n) is 3.65. The largest absolute Gasteiger partial charge is 0.335 e. The number of thioether (sulfide) groups is 1. The minimum Gasteiger partial charge on any atom is -0.335 e. The van der Waals surface area contributed by atoms with Gasteiger partial charge in [-0.3, -0.25) is 4.99 Å². The average Bonchev–Trinajstić information content (AvgIpc) is 2.94. The van der Waals surface area contributed by atoms with Crippen LogP contribution in [0.25, 0.3) is 0 Å². The summed E-state index contributed by atoms with van der Waals surface area (Å²) in [5, 5.41) is 4.54. The third kappa shape index (κ3) is 2.34. The van der Waals surface area contributed by atoms with Gasteiger partial charge < -0.3 is 5.32 Å². The predicted molar refractivity (Wildman–Crippen MR) is 75.9 cm³/mol. The Labute approximate surface area is 107 Å². The summed E-state index contributed by atoms with van der Waals surface area (Å²) in [5.41, 5.74) is 2.72. The van der Waals surface area contributed by atoms with Gasteiger partial charge in [-0.15, -0.1) is 0 Å². The van der Waals surface area contributed by atoms with E-state index in [9.17, 15) is 0 Å². The number of rotatable bonds is 1. The number of nitrogens with zero attached hydrogens (tertiary/aromatic N) is 1. The Morgan fingerprint density at radius 1 is 1.18 bits per heavy atom. The summed E-state index contributed by atoms with van der Waals surface area (Å²) in [7, 11) is 0. The molecule has 1 aliphatic heterocycles. The van der Waals surface area contributed by atoms with Crippen LogP contribution in [-0.2, 0) is 0 Å². The lowest BCUT2D eigenvalue weighted by Gasteiger charge is -2.16. The van der Waals surface area contributed by atoms with Crippen LogP contribution in [-0.4, -0.2) is 16.5 Å². The number of benzene rings is 1. The molecule has 0 radical (unpaired) electrons. The van der Waals surface area contributed by atoms with E-state index in [0.29, 0.717) is 0 Å². The van der Waals surface area contributed by atoms with Crippen LogP contribution in [0.15, 0.2) is 29.3 Å². The second-order valence-electron chi connectivity index (χ2n) is 5.13. The van der Waals surface area contributed by atoms with Gasteiger partial charge in [0.2, 0.25) is 0 Å².